The number of esters is 2. The van der Waals surface area contributed by atoms with E-state index in [9.17, 15) is 19.5 Å². The highest BCUT2D eigenvalue weighted by Gasteiger charge is 2.31. The summed E-state index contributed by atoms with van der Waals surface area (Å²) in [5.74, 6) is -1.60. The molecular formula is C39H68NO7+. The minimum atomic E-state index is -0.890. The van der Waals surface area contributed by atoms with Crippen LogP contribution in [0.25, 0.3) is 0 Å². The standard InChI is InChI=1S/C39H67NO7/c1-6-8-10-12-14-15-16-17-18-19-20-21-22-24-26-28-30-38(42)47-35(33-45-32-31-36(39(43)44)40(3,4)5)34-46-37(41)29-27-25-23-13-11-9-7-2/h9,11,18-21,23,25,35-36H,6-8,10,12-17,22,24,26-34H2,1-5H3/p+1/b11-9+,19-18+,21-20+,25-23+. The number of ether oxygens (including phenoxy) is 3. The summed E-state index contributed by atoms with van der Waals surface area (Å²) in [4.78, 5) is 36.5. The van der Waals surface area contributed by atoms with E-state index in [-0.39, 0.29) is 49.1 Å². The zero-order valence-corrected chi connectivity index (χ0v) is 30.5. The lowest BCUT2D eigenvalue weighted by Crippen LogP contribution is -2.50. The number of rotatable bonds is 31. The molecule has 47 heavy (non-hydrogen) atoms. The summed E-state index contributed by atoms with van der Waals surface area (Å²) in [5.41, 5.74) is 0. The highest BCUT2D eigenvalue weighted by Crippen LogP contribution is 2.11. The van der Waals surface area contributed by atoms with Gasteiger partial charge in [-0.25, -0.2) is 4.79 Å². The molecule has 0 saturated carbocycles. The number of hydrogen-bond donors (Lipinski definition) is 1. The van der Waals surface area contributed by atoms with Gasteiger partial charge in [-0.2, -0.15) is 0 Å². The quantitative estimate of drug-likeness (QED) is 0.0260. The van der Waals surface area contributed by atoms with Crippen molar-refractivity contribution < 1.29 is 38.2 Å². The van der Waals surface area contributed by atoms with Crippen LogP contribution in [-0.2, 0) is 28.6 Å². The maximum atomic E-state index is 12.6. The first-order valence-electron chi connectivity index (χ1n) is 18.2. The number of quaternary nitrogens is 1. The van der Waals surface area contributed by atoms with Gasteiger partial charge < -0.3 is 23.8 Å². The Morgan fingerprint density at radius 1 is 0.681 bits per heavy atom. The van der Waals surface area contributed by atoms with Crippen molar-refractivity contribution in [2.45, 2.75) is 142 Å². The van der Waals surface area contributed by atoms with Gasteiger partial charge in [0.1, 0.15) is 6.61 Å². The van der Waals surface area contributed by atoms with E-state index in [0.717, 1.165) is 44.9 Å². The Morgan fingerprint density at radius 3 is 1.91 bits per heavy atom. The lowest BCUT2D eigenvalue weighted by Gasteiger charge is -2.31. The lowest BCUT2D eigenvalue weighted by atomic mass is 10.1. The molecule has 2 unspecified atom stereocenters. The van der Waals surface area contributed by atoms with Crippen LogP contribution in [0.5, 0.6) is 0 Å². The Morgan fingerprint density at radius 2 is 1.30 bits per heavy atom. The third kappa shape index (κ3) is 29.2. The molecule has 2 atom stereocenters. The Labute approximate surface area is 286 Å². The molecule has 0 rings (SSSR count). The number of likely N-dealkylation sites (N-methyl/N-ethyl adjacent to an activating group) is 1. The van der Waals surface area contributed by atoms with Crippen LogP contribution >= 0.6 is 0 Å². The molecule has 0 aromatic heterocycles. The number of allylic oxidation sites excluding steroid dienone is 8. The Kier molecular flexibility index (Phi) is 28.8. The van der Waals surface area contributed by atoms with Crippen LogP contribution in [0.3, 0.4) is 0 Å². The highest BCUT2D eigenvalue weighted by molar-refractivity contribution is 5.72. The molecule has 1 N–H and O–H groups in total. The van der Waals surface area contributed by atoms with Gasteiger partial charge in [0.25, 0.3) is 0 Å². The van der Waals surface area contributed by atoms with Gasteiger partial charge in [0.15, 0.2) is 12.1 Å². The largest absolute Gasteiger partial charge is 0.477 e. The molecule has 0 aliphatic heterocycles. The van der Waals surface area contributed by atoms with Crippen molar-refractivity contribution in [3.8, 4) is 0 Å². The van der Waals surface area contributed by atoms with Crippen molar-refractivity contribution >= 4 is 17.9 Å². The number of carbonyl (C=O) groups is 3. The van der Waals surface area contributed by atoms with Gasteiger partial charge in [-0.05, 0) is 51.4 Å². The average molecular weight is 663 g/mol. The summed E-state index contributed by atoms with van der Waals surface area (Å²) < 4.78 is 17.0. The fourth-order valence-electron chi connectivity index (χ4n) is 4.90. The van der Waals surface area contributed by atoms with E-state index in [1.807, 2.05) is 33.3 Å². The molecule has 0 aromatic carbocycles. The summed E-state index contributed by atoms with van der Waals surface area (Å²) in [6, 6.07) is -0.625. The van der Waals surface area contributed by atoms with Gasteiger partial charge in [0.05, 0.1) is 34.4 Å². The first-order chi connectivity index (χ1) is 22.6. The van der Waals surface area contributed by atoms with Gasteiger partial charge in [-0.1, -0.05) is 107 Å². The summed E-state index contributed by atoms with van der Waals surface area (Å²) in [5, 5.41) is 9.55. The van der Waals surface area contributed by atoms with Crippen LogP contribution < -0.4 is 0 Å². The van der Waals surface area contributed by atoms with Crippen LogP contribution in [0, 0.1) is 0 Å². The summed E-state index contributed by atoms with van der Waals surface area (Å²) in [6.07, 6.45) is 33.4. The summed E-state index contributed by atoms with van der Waals surface area (Å²) >= 11 is 0. The van der Waals surface area contributed by atoms with Crippen molar-refractivity contribution in [1.29, 1.82) is 0 Å². The molecule has 8 heteroatoms. The molecule has 0 aliphatic rings. The van der Waals surface area contributed by atoms with E-state index in [2.05, 4.69) is 50.3 Å². The molecule has 0 spiro atoms. The topological polar surface area (TPSA) is 99.1 Å². The third-order valence-corrected chi connectivity index (χ3v) is 7.75. The highest BCUT2D eigenvalue weighted by atomic mass is 16.6. The summed E-state index contributed by atoms with van der Waals surface area (Å²) in [6.45, 7) is 4.46. The van der Waals surface area contributed by atoms with E-state index in [1.165, 1.54) is 44.9 Å². The third-order valence-electron chi connectivity index (χ3n) is 7.75. The molecule has 0 radical (unpaired) electrons. The molecule has 0 saturated heterocycles. The van der Waals surface area contributed by atoms with Crippen LogP contribution in [0.4, 0.5) is 0 Å². The van der Waals surface area contributed by atoms with E-state index >= 15 is 0 Å². The second-order valence-electron chi connectivity index (χ2n) is 13.1. The van der Waals surface area contributed by atoms with Gasteiger partial charge >= 0.3 is 17.9 Å². The van der Waals surface area contributed by atoms with E-state index in [0.29, 0.717) is 12.8 Å². The van der Waals surface area contributed by atoms with E-state index in [1.54, 1.807) is 0 Å². The predicted molar refractivity (Wildman–Crippen MR) is 192 cm³/mol. The van der Waals surface area contributed by atoms with Crippen molar-refractivity contribution in [3.05, 3.63) is 48.6 Å². The Bertz CT molecular complexity index is 917. The SMILES string of the molecule is CC/C=C/C/C=C/CCC(=O)OCC(COCCC(C(=O)O)[N+](C)(C)C)OC(=O)CCCCC/C=C/C=C/CCCCCCCCC. The van der Waals surface area contributed by atoms with Crippen LogP contribution in [0.15, 0.2) is 48.6 Å². The van der Waals surface area contributed by atoms with Gasteiger partial charge in [0, 0.05) is 19.3 Å². The number of carbonyl (C=O) groups excluding carboxylic acids is 2. The van der Waals surface area contributed by atoms with Crippen LogP contribution in [-0.4, -0.2) is 80.6 Å². The minimum Gasteiger partial charge on any atom is -0.477 e. The molecule has 0 amide bonds. The van der Waals surface area contributed by atoms with Crippen molar-refractivity contribution in [1.82, 2.24) is 0 Å². The minimum absolute atomic E-state index is 0.0312. The van der Waals surface area contributed by atoms with Crippen molar-refractivity contribution in [2.24, 2.45) is 0 Å². The number of carboxylic acid groups (broad SMARTS) is 1. The molecule has 270 valence electrons. The Hall–Kier alpha value is -2.71. The van der Waals surface area contributed by atoms with Gasteiger partial charge in [-0.15, -0.1) is 0 Å². The maximum Gasteiger partial charge on any atom is 0.362 e. The number of aliphatic carboxylic acids is 1. The van der Waals surface area contributed by atoms with E-state index in [4.69, 9.17) is 14.2 Å². The smallest absolute Gasteiger partial charge is 0.362 e. The zero-order valence-electron chi connectivity index (χ0n) is 30.5. The Balaban J connectivity index is 4.49. The average Bonchev–Trinajstić information content (AvgIpc) is 3.01. The van der Waals surface area contributed by atoms with Crippen molar-refractivity contribution in [2.75, 3.05) is 41.0 Å². The van der Waals surface area contributed by atoms with E-state index < -0.39 is 18.1 Å². The molecule has 0 heterocycles. The predicted octanol–water partition coefficient (Wildman–Crippen LogP) is 8.90. The second kappa shape index (κ2) is 30.6. The molecule has 8 nitrogen and oxygen atoms in total. The summed E-state index contributed by atoms with van der Waals surface area (Å²) in [7, 11) is 5.48. The maximum absolute atomic E-state index is 12.6. The molecule has 0 fully saturated rings. The fraction of sp³-hybridized carbons (Fsp3) is 0.718. The molecule has 0 aliphatic carbocycles. The molecular weight excluding hydrogens is 594 g/mol. The lowest BCUT2D eigenvalue weighted by molar-refractivity contribution is -0.887. The number of nitrogens with zero attached hydrogens (tertiary/aromatic N) is 1. The molecule has 0 aromatic rings. The van der Waals surface area contributed by atoms with Gasteiger partial charge in [-0.3, -0.25) is 9.59 Å². The van der Waals surface area contributed by atoms with Crippen molar-refractivity contribution in [3.63, 3.8) is 0 Å². The normalized spacial score (nSPS) is 13.6. The zero-order chi connectivity index (χ0) is 35.0. The first kappa shape index (κ1) is 44.3. The second-order valence-corrected chi connectivity index (χ2v) is 13.1. The van der Waals surface area contributed by atoms with Crippen LogP contribution in [0.2, 0.25) is 0 Å². The molecule has 0 bridgehead atoms. The number of carboxylic acids is 1. The fourth-order valence-corrected chi connectivity index (χ4v) is 4.90. The van der Waals surface area contributed by atoms with Crippen LogP contribution in [0.1, 0.15) is 129 Å². The number of hydrogen-bond acceptors (Lipinski definition) is 6. The van der Waals surface area contributed by atoms with Gasteiger partial charge in [0.2, 0.25) is 0 Å². The first-order valence-corrected chi connectivity index (χ1v) is 18.2. The monoisotopic (exact) mass is 662 g/mol. The number of unbranched alkanes of at least 4 members (excludes halogenated alkanes) is 10.